The summed E-state index contributed by atoms with van der Waals surface area (Å²) < 4.78 is 28.8. The highest BCUT2D eigenvalue weighted by molar-refractivity contribution is 7.90. The van der Waals surface area contributed by atoms with Crippen molar-refractivity contribution >= 4 is 39.0 Å². The fourth-order valence-corrected chi connectivity index (χ4v) is 4.10. The fourth-order valence-electron chi connectivity index (χ4n) is 3.26. The summed E-state index contributed by atoms with van der Waals surface area (Å²) in [6.07, 6.45) is 0.702. The van der Waals surface area contributed by atoms with Gasteiger partial charge in [0, 0.05) is 18.0 Å². The molecule has 1 aliphatic heterocycles. The normalized spacial score (nSPS) is 17.1. The molecule has 0 saturated carbocycles. The van der Waals surface area contributed by atoms with Crippen LogP contribution >= 0.6 is 11.6 Å². The number of carbonyl (C=O) groups excluding carboxylic acids is 2. The predicted octanol–water partition coefficient (Wildman–Crippen LogP) is 3.27. The number of rotatable bonds is 4. The van der Waals surface area contributed by atoms with Gasteiger partial charge in [0.25, 0.3) is 5.91 Å². The lowest BCUT2D eigenvalue weighted by molar-refractivity contribution is -0.126. The first-order valence-electron chi connectivity index (χ1n) is 8.71. The Bertz CT molecular complexity index is 1050. The highest BCUT2D eigenvalue weighted by Crippen LogP contribution is 2.32. The number of amides is 1. The Morgan fingerprint density at radius 2 is 1.89 bits per heavy atom. The minimum Gasteiger partial charge on any atom is -0.449 e. The van der Waals surface area contributed by atoms with Crippen LogP contribution < -0.4 is 4.90 Å². The van der Waals surface area contributed by atoms with Crippen LogP contribution in [0.3, 0.4) is 0 Å². The van der Waals surface area contributed by atoms with Crippen LogP contribution in [0.1, 0.15) is 29.8 Å². The number of sulfone groups is 1. The number of nitrogens with zero attached hydrogens (tertiary/aromatic N) is 1. The second-order valence-corrected chi connectivity index (χ2v) is 9.27. The predicted molar refractivity (Wildman–Crippen MR) is 107 cm³/mol. The van der Waals surface area contributed by atoms with Gasteiger partial charge in [-0.2, -0.15) is 0 Å². The third kappa shape index (κ3) is 3.91. The Balaban J connectivity index is 1.81. The van der Waals surface area contributed by atoms with E-state index in [1.807, 2.05) is 31.2 Å². The van der Waals surface area contributed by atoms with E-state index in [4.69, 9.17) is 16.3 Å². The number of anilines is 1. The van der Waals surface area contributed by atoms with Crippen molar-refractivity contribution < 1.29 is 22.7 Å². The Morgan fingerprint density at radius 3 is 2.57 bits per heavy atom. The molecular formula is C20H20ClNO5S. The molecule has 0 radical (unpaired) electrons. The van der Waals surface area contributed by atoms with Crippen LogP contribution in [0.25, 0.3) is 0 Å². The molecule has 0 bridgehead atoms. The van der Waals surface area contributed by atoms with Crippen LogP contribution in [0, 0.1) is 0 Å². The fraction of sp³-hybridized carbons (Fsp3) is 0.300. The summed E-state index contributed by atoms with van der Waals surface area (Å²) in [6, 6.07) is 11.3. The monoisotopic (exact) mass is 421 g/mol. The molecule has 1 aliphatic rings. The van der Waals surface area contributed by atoms with Crippen LogP contribution in [-0.2, 0) is 25.8 Å². The second kappa shape index (κ2) is 7.56. The number of halogens is 1. The highest BCUT2D eigenvalue weighted by atomic mass is 35.5. The molecule has 6 nitrogen and oxygen atoms in total. The Labute approximate surface area is 169 Å². The molecule has 2 unspecified atom stereocenters. The van der Waals surface area contributed by atoms with E-state index in [1.54, 1.807) is 4.90 Å². The number of benzene rings is 2. The summed E-state index contributed by atoms with van der Waals surface area (Å²) in [7, 11) is -3.52. The van der Waals surface area contributed by atoms with Gasteiger partial charge in [-0.15, -0.1) is 0 Å². The summed E-state index contributed by atoms with van der Waals surface area (Å²) in [4.78, 5) is 27.0. The van der Waals surface area contributed by atoms with Crippen LogP contribution in [0.2, 0.25) is 5.02 Å². The molecule has 0 spiro atoms. The molecule has 2 aromatic carbocycles. The molecule has 28 heavy (non-hydrogen) atoms. The first-order valence-corrected chi connectivity index (χ1v) is 11.0. The van der Waals surface area contributed by atoms with Crippen molar-refractivity contribution in [3.8, 4) is 0 Å². The van der Waals surface area contributed by atoms with Gasteiger partial charge in [0.1, 0.15) is 0 Å². The molecule has 1 amide bonds. The largest absolute Gasteiger partial charge is 0.449 e. The van der Waals surface area contributed by atoms with Crippen LogP contribution in [-0.4, -0.2) is 38.7 Å². The molecule has 0 saturated heterocycles. The van der Waals surface area contributed by atoms with Crippen molar-refractivity contribution in [2.24, 2.45) is 0 Å². The molecule has 2 atom stereocenters. The van der Waals surface area contributed by atoms with Gasteiger partial charge in [-0.25, -0.2) is 13.2 Å². The molecule has 0 N–H and O–H groups in total. The van der Waals surface area contributed by atoms with Crippen molar-refractivity contribution in [3.05, 3.63) is 58.6 Å². The molecule has 0 aromatic heterocycles. The number of hydrogen-bond donors (Lipinski definition) is 0. The lowest BCUT2D eigenvalue weighted by Crippen LogP contribution is -2.43. The second-order valence-electron chi connectivity index (χ2n) is 6.85. The van der Waals surface area contributed by atoms with E-state index < -0.39 is 21.9 Å². The summed E-state index contributed by atoms with van der Waals surface area (Å²) >= 11 is 6.03. The Hall–Kier alpha value is -2.38. The molecule has 1 heterocycles. The zero-order chi connectivity index (χ0) is 20.6. The van der Waals surface area contributed by atoms with Crippen LogP contribution in [0.5, 0.6) is 0 Å². The van der Waals surface area contributed by atoms with Crippen molar-refractivity contribution in [2.45, 2.75) is 37.3 Å². The van der Waals surface area contributed by atoms with E-state index in [1.165, 1.54) is 19.1 Å². The minimum absolute atomic E-state index is 0.0510. The molecule has 0 fully saturated rings. The summed E-state index contributed by atoms with van der Waals surface area (Å²) in [6.45, 7) is 3.42. The van der Waals surface area contributed by atoms with E-state index in [-0.39, 0.29) is 27.4 Å². The van der Waals surface area contributed by atoms with Crippen molar-refractivity contribution in [3.63, 3.8) is 0 Å². The number of esters is 1. The maximum Gasteiger partial charge on any atom is 0.340 e. The minimum atomic E-state index is -3.52. The van der Waals surface area contributed by atoms with Gasteiger partial charge in [0.15, 0.2) is 15.9 Å². The summed E-state index contributed by atoms with van der Waals surface area (Å²) in [5, 5.41) is 0.0527. The van der Waals surface area contributed by atoms with Gasteiger partial charge in [-0.05, 0) is 50.1 Å². The third-order valence-corrected chi connectivity index (χ3v) is 6.10. The van der Waals surface area contributed by atoms with Crippen molar-refractivity contribution in [1.29, 1.82) is 0 Å². The standard InChI is InChI=1S/C20H20ClNO5S/c1-12-10-14-6-4-5-7-18(14)22(12)19(23)13(2)27-20(24)16-11-15(28(3,25)26)8-9-17(16)21/h4-9,11-13H,10H2,1-3H3. The van der Waals surface area contributed by atoms with E-state index in [2.05, 4.69) is 0 Å². The van der Waals surface area contributed by atoms with Crippen molar-refractivity contribution in [1.82, 2.24) is 0 Å². The number of para-hydroxylation sites is 1. The summed E-state index contributed by atoms with van der Waals surface area (Å²) in [5.41, 5.74) is 1.77. The zero-order valence-corrected chi connectivity index (χ0v) is 17.3. The average molecular weight is 422 g/mol. The molecule has 8 heteroatoms. The Morgan fingerprint density at radius 1 is 1.21 bits per heavy atom. The van der Waals surface area contributed by atoms with Gasteiger partial charge >= 0.3 is 5.97 Å². The SMILES string of the molecule is CC(OC(=O)c1cc(S(C)(=O)=O)ccc1Cl)C(=O)N1c2ccccc2CC1C. The van der Waals surface area contributed by atoms with E-state index >= 15 is 0 Å². The number of carbonyl (C=O) groups is 2. The van der Waals surface area contributed by atoms with Gasteiger partial charge in [-0.3, -0.25) is 4.79 Å². The van der Waals surface area contributed by atoms with Crippen molar-refractivity contribution in [2.75, 3.05) is 11.2 Å². The number of hydrogen-bond acceptors (Lipinski definition) is 5. The molecule has 2 aromatic rings. The highest BCUT2D eigenvalue weighted by Gasteiger charge is 2.34. The smallest absolute Gasteiger partial charge is 0.340 e. The topological polar surface area (TPSA) is 80.8 Å². The van der Waals surface area contributed by atoms with Gasteiger partial charge < -0.3 is 9.64 Å². The van der Waals surface area contributed by atoms with E-state index in [0.717, 1.165) is 30.0 Å². The van der Waals surface area contributed by atoms with Crippen LogP contribution in [0.4, 0.5) is 5.69 Å². The Kier molecular flexibility index (Phi) is 5.50. The quantitative estimate of drug-likeness (QED) is 0.708. The first-order chi connectivity index (χ1) is 13.1. The molecule has 148 valence electrons. The average Bonchev–Trinajstić information content (AvgIpc) is 2.95. The van der Waals surface area contributed by atoms with E-state index in [0.29, 0.717) is 0 Å². The van der Waals surface area contributed by atoms with Gasteiger partial charge in [0.05, 0.1) is 15.5 Å². The number of ether oxygens (including phenoxy) is 1. The summed E-state index contributed by atoms with van der Waals surface area (Å²) in [5.74, 6) is -1.20. The third-order valence-electron chi connectivity index (χ3n) is 4.66. The van der Waals surface area contributed by atoms with Crippen LogP contribution in [0.15, 0.2) is 47.4 Å². The van der Waals surface area contributed by atoms with Gasteiger partial charge in [-0.1, -0.05) is 29.8 Å². The maximum atomic E-state index is 12.9. The molecular weight excluding hydrogens is 402 g/mol. The molecule has 3 rings (SSSR count). The van der Waals surface area contributed by atoms with E-state index in [9.17, 15) is 18.0 Å². The first kappa shape index (κ1) is 20.4. The zero-order valence-electron chi connectivity index (χ0n) is 15.7. The number of fused-ring (bicyclic) bond motifs is 1. The maximum absolute atomic E-state index is 12.9. The lowest BCUT2D eigenvalue weighted by Gasteiger charge is -2.26. The molecule has 0 aliphatic carbocycles. The van der Waals surface area contributed by atoms with Gasteiger partial charge in [0.2, 0.25) is 0 Å². The lowest BCUT2D eigenvalue weighted by atomic mass is 10.1.